The number of hydrogen-bond acceptors (Lipinski definition) is 4. The zero-order valence-electron chi connectivity index (χ0n) is 16.7. The summed E-state index contributed by atoms with van der Waals surface area (Å²) in [6.07, 6.45) is 0. The first-order valence-electron chi connectivity index (χ1n) is 9.21. The van der Waals surface area contributed by atoms with E-state index in [0.717, 1.165) is 50.2 Å². The van der Waals surface area contributed by atoms with Crippen LogP contribution in [-0.4, -0.2) is 58.3 Å². The second kappa shape index (κ2) is 11.0. The minimum absolute atomic E-state index is 0. The molecular weight excluding hydrogens is 467 g/mol. The molecule has 28 heavy (non-hydrogen) atoms. The molecule has 2 aromatic rings. The van der Waals surface area contributed by atoms with Gasteiger partial charge in [0, 0.05) is 45.5 Å². The average Bonchev–Trinajstić information content (AvgIpc) is 2.75. The molecule has 2 aromatic carbocycles. The highest BCUT2D eigenvalue weighted by atomic mass is 127. The molecule has 1 aliphatic heterocycles. The predicted molar refractivity (Wildman–Crippen MR) is 125 cm³/mol. The maximum absolute atomic E-state index is 5.29. The van der Waals surface area contributed by atoms with E-state index in [1.165, 1.54) is 11.3 Å². The summed E-state index contributed by atoms with van der Waals surface area (Å²) in [4.78, 5) is 9.15. The predicted octanol–water partition coefficient (Wildman–Crippen LogP) is 3.22. The fourth-order valence-corrected chi connectivity index (χ4v) is 3.27. The summed E-state index contributed by atoms with van der Waals surface area (Å²) < 4.78 is 10.5. The molecule has 0 unspecified atom stereocenters. The van der Waals surface area contributed by atoms with Gasteiger partial charge in [-0.25, -0.2) is 0 Å². The number of piperazine rings is 1. The molecule has 1 fully saturated rings. The van der Waals surface area contributed by atoms with Crippen molar-refractivity contribution in [3.05, 3.63) is 54.1 Å². The highest BCUT2D eigenvalue weighted by molar-refractivity contribution is 14.0. The second-order valence-corrected chi connectivity index (χ2v) is 6.42. The van der Waals surface area contributed by atoms with Gasteiger partial charge in [0.2, 0.25) is 0 Å². The number of methoxy groups -OCH3 is 2. The van der Waals surface area contributed by atoms with Gasteiger partial charge in [0.05, 0.1) is 14.2 Å². The van der Waals surface area contributed by atoms with Gasteiger partial charge in [-0.1, -0.05) is 12.1 Å². The number of guanidine groups is 1. The zero-order chi connectivity index (χ0) is 19.1. The van der Waals surface area contributed by atoms with Crippen LogP contribution >= 0.6 is 24.0 Å². The molecule has 0 amide bonds. The van der Waals surface area contributed by atoms with Crippen LogP contribution in [0.5, 0.6) is 11.5 Å². The molecule has 0 aliphatic carbocycles. The van der Waals surface area contributed by atoms with Gasteiger partial charge in [-0.15, -0.1) is 24.0 Å². The largest absolute Gasteiger partial charge is 0.497 e. The molecular formula is C21H29IN4O2. The van der Waals surface area contributed by atoms with E-state index in [1.54, 1.807) is 14.2 Å². The third-order valence-corrected chi connectivity index (χ3v) is 4.81. The van der Waals surface area contributed by atoms with Gasteiger partial charge in [0.1, 0.15) is 11.5 Å². The Labute approximate surface area is 184 Å². The molecule has 1 aliphatic rings. The van der Waals surface area contributed by atoms with Crippen LogP contribution in [0.3, 0.4) is 0 Å². The van der Waals surface area contributed by atoms with Crippen LogP contribution in [0.1, 0.15) is 5.56 Å². The lowest BCUT2D eigenvalue weighted by molar-refractivity contribution is 0.372. The number of nitrogens with zero attached hydrogens (tertiary/aromatic N) is 3. The number of ether oxygens (including phenoxy) is 2. The minimum Gasteiger partial charge on any atom is -0.497 e. The van der Waals surface area contributed by atoms with Crippen molar-refractivity contribution >= 4 is 35.6 Å². The summed E-state index contributed by atoms with van der Waals surface area (Å²) in [5.41, 5.74) is 2.40. The van der Waals surface area contributed by atoms with Gasteiger partial charge >= 0.3 is 0 Å². The number of hydrogen-bond donors (Lipinski definition) is 1. The van der Waals surface area contributed by atoms with E-state index < -0.39 is 0 Å². The van der Waals surface area contributed by atoms with E-state index in [4.69, 9.17) is 9.47 Å². The molecule has 7 heteroatoms. The lowest BCUT2D eigenvalue weighted by Gasteiger charge is -2.37. The molecule has 0 bridgehead atoms. The van der Waals surface area contributed by atoms with Gasteiger partial charge in [0.25, 0.3) is 0 Å². The molecule has 0 saturated carbocycles. The fourth-order valence-electron chi connectivity index (χ4n) is 3.27. The molecule has 0 radical (unpaired) electrons. The monoisotopic (exact) mass is 496 g/mol. The summed E-state index contributed by atoms with van der Waals surface area (Å²) in [5.74, 6) is 2.70. The standard InChI is InChI=1S/C21H28N4O2.HI/c1-22-21(23-16-17-5-4-6-20(15-17)27-3)25-13-11-24(12-14-25)18-7-9-19(26-2)10-8-18;/h4-10,15H,11-14,16H2,1-3H3,(H,22,23);1H. The van der Waals surface area contributed by atoms with Crippen molar-refractivity contribution in [2.45, 2.75) is 6.54 Å². The minimum atomic E-state index is 0. The third-order valence-electron chi connectivity index (χ3n) is 4.81. The Morgan fingerprint density at radius 3 is 2.25 bits per heavy atom. The Balaban J connectivity index is 0.00000280. The Kier molecular flexibility index (Phi) is 8.69. The third kappa shape index (κ3) is 5.67. The van der Waals surface area contributed by atoms with Crippen molar-refractivity contribution in [1.82, 2.24) is 10.2 Å². The van der Waals surface area contributed by atoms with E-state index in [9.17, 15) is 0 Å². The highest BCUT2D eigenvalue weighted by Gasteiger charge is 2.19. The summed E-state index contributed by atoms with van der Waals surface area (Å²) in [7, 11) is 5.22. The van der Waals surface area contributed by atoms with Crippen molar-refractivity contribution in [1.29, 1.82) is 0 Å². The van der Waals surface area contributed by atoms with E-state index in [2.05, 4.69) is 38.3 Å². The van der Waals surface area contributed by atoms with Crippen molar-refractivity contribution in [2.75, 3.05) is 52.3 Å². The van der Waals surface area contributed by atoms with E-state index in [1.807, 2.05) is 37.4 Å². The Bertz CT molecular complexity index is 759. The zero-order valence-corrected chi connectivity index (χ0v) is 19.1. The van der Waals surface area contributed by atoms with Gasteiger partial charge < -0.3 is 24.6 Å². The van der Waals surface area contributed by atoms with Gasteiger partial charge in [-0.3, -0.25) is 4.99 Å². The van der Waals surface area contributed by atoms with Crippen molar-refractivity contribution < 1.29 is 9.47 Å². The normalized spacial score (nSPS) is 14.3. The summed E-state index contributed by atoms with van der Waals surface area (Å²) in [5, 5.41) is 3.46. The van der Waals surface area contributed by atoms with E-state index in [0.29, 0.717) is 0 Å². The molecule has 1 N–H and O–H groups in total. The number of nitrogens with one attached hydrogen (secondary N) is 1. The van der Waals surface area contributed by atoms with Crippen LogP contribution in [0.4, 0.5) is 5.69 Å². The fraction of sp³-hybridized carbons (Fsp3) is 0.381. The van der Waals surface area contributed by atoms with Crippen LogP contribution in [0.15, 0.2) is 53.5 Å². The smallest absolute Gasteiger partial charge is 0.194 e. The first kappa shape index (κ1) is 22.1. The molecule has 0 spiro atoms. The quantitative estimate of drug-likeness (QED) is 0.392. The Morgan fingerprint density at radius 1 is 0.964 bits per heavy atom. The van der Waals surface area contributed by atoms with Crippen LogP contribution < -0.4 is 19.7 Å². The summed E-state index contributed by atoms with van der Waals surface area (Å²) >= 11 is 0. The number of anilines is 1. The van der Waals surface area contributed by atoms with E-state index in [-0.39, 0.29) is 24.0 Å². The van der Waals surface area contributed by atoms with Gasteiger partial charge in [0.15, 0.2) is 5.96 Å². The topological polar surface area (TPSA) is 49.3 Å². The first-order chi connectivity index (χ1) is 13.2. The molecule has 152 valence electrons. The molecule has 3 rings (SSSR count). The first-order valence-corrected chi connectivity index (χ1v) is 9.21. The lowest BCUT2D eigenvalue weighted by Crippen LogP contribution is -2.52. The highest BCUT2D eigenvalue weighted by Crippen LogP contribution is 2.20. The Morgan fingerprint density at radius 2 is 1.64 bits per heavy atom. The average molecular weight is 496 g/mol. The van der Waals surface area contributed by atoms with E-state index >= 15 is 0 Å². The molecule has 1 saturated heterocycles. The number of rotatable bonds is 5. The van der Waals surface area contributed by atoms with Crippen molar-refractivity contribution in [3.63, 3.8) is 0 Å². The number of halogens is 1. The van der Waals surface area contributed by atoms with Crippen LogP contribution in [0.2, 0.25) is 0 Å². The van der Waals surface area contributed by atoms with Crippen molar-refractivity contribution in [2.24, 2.45) is 4.99 Å². The maximum atomic E-state index is 5.29. The summed E-state index contributed by atoms with van der Waals surface area (Å²) in [6, 6.07) is 16.3. The van der Waals surface area contributed by atoms with Crippen LogP contribution in [0.25, 0.3) is 0 Å². The van der Waals surface area contributed by atoms with Gasteiger partial charge in [-0.2, -0.15) is 0 Å². The number of benzene rings is 2. The van der Waals surface area contributed by atoms with Gasteiger partial charge in [-0.05, 0) is 42.0 Å². The molecule has 6 nitrogen and oxygen atoms in total. The maximum Gasteiger partial charge on any atom is 0.194 e. The Hall–Kier alpha value is -2.16. The van der Waals surface area contributed by atoms with Crippen LogP contribution in [-0.2, 0) is 6.54 Å². The summed E-state index contributed by atoms with van der Waals surface area (Å²) in [6.45, 7) is 4.52. The SMILES string of the molecule is CN=C(NCc1cccc(OC)c1)N1CCN(c2ccc(OC)cc2)CC1.I. The van der Waals surface area contributed by atoms with Crippen LogP contribution in [0, 0.1) is 0 Å². The number of aliphatic imine (C=N–C) groups is 1. The molecule has 0 atom stereocenters. The lowest BCUT2D eigenvalue weighted by atomic mass is 10.2. The molecule has 1 heterocycles. The molecule has 0 aromatic heterocycles. The second-order valence-electron chi connectivity index (χ2n) is 6.42. The van der Waals surface area contributed by atoms with Crippen molar-refractivity contribution in [3.8, 4) is 11.5 Å².